The van der Waals surface area contributed by atoms with E-state index in [2.05, 4.69) is 10.3 Å². The van der Waals surface area contributed by atoms with Gasteiger partial charge in [-0.25, -0.2) is 13.4 Å². The van der Waals surface area contributed by atoms with Gasteiger partial charge in [0.25, 0.3) is 0 Å². The number of guanidine groups is 1. The Morgan fingerprint density at radius 2 is 1.70 bits per heavy atom. The molecule has 168 valence electrons. The summed E-state index contributed by atoms with van der Waals surface area (Å²) in [5.74, 6) is 0.705. The lowest BCUT2D eigenvalue weighted by molar-refractivity contribution is -0.131. The summed E-state index contributed by atoms with van der Waals surface area (Å²) in [4.78, 5) is 20.9. The fourth-order valence-corrected chi connectivity index (χ4v) is 4.95. The fraction of sp³-hybridized carbons (Fsp3) is 0.619. The van der Waals surface area contributed by atoms with Crippen molar-refractivity contribution in [3.05, 3.63) is 29.8 Å². The Morgan fingerprint density at radius 1 is 1.10 bits per heavy atom. The lowest BCUT2D eigenvalue weighted by Crippen LogP contribution is -2.45. The molecule has 8 nitrogen and oxygen atoms in total. The highest BCUT2D eigenvalue weighted by Gasteiger charge is 2.26. The van der Waals surface area contributed by atoms with Crippen LogP contribution < -0.4 is 5.32 Å². The predicted molar refractivity (Wildman–Crippen MR) is 120 cm³/mol. The molecule has 0 spiro atoms. The Hall–Kier alpha value is -2.13. The molecule has 1 aliphatic heterocycles. The van der Waals surface area contributed by atoms with Crippen LogP contribution in [0.25, 0.3) is 0 Å². The molecule has 0 unspecified atom stereocenters. The zero-order chi connectivity index (χ0) is 22.1. The van der Waals surface area contributed by atoms with Crippen molar-refractivity contribution in [2.45, 2.75) is 45.1 Å². The first-order valence-corrected chi connectivity index (χ1v) is 12.1. The van der Waals surface area contributed by atoms with Gasteiger partial charge in [-0.2, -0.15) is 4.31 Å². The molecule has 9 heteroatoms. The second kappa shape index (κ2) is 11.3. The van der Waals surface area contributed by atoms with Crippen molar-refractivity contribution in [1.82, 2.24) is 19.4 Å². The van der Waals surface area contributed by atoms with Gasteiger partial charge in [0.1, 0.15) is 0 Å². The molecule has 0 saturated carbocycles. The number of likely N-dealkylation sites (N-methyl/N-ethyl adjacent to an activating group) is 2. The van der Waals surface area contributed by atoms with Crippen molar-refractivity contribution in [3.63, 3.8) is 0 Å². The molecular formula is C21H35N5O3S. The summed E-state index contributed by atoms with van der Waals surface area (Å²) in [6.45, 7) is 9.81. The molecule has 1 aliphatic rings. The smallest absolute Gasteiger partial charge is 0.243 e. The van der Waals surface area contributed by atoms with E-state index in [0.29, 0.717) is 50.1 Å². The molecule has 1 amide bonds. The van der Waals surface area contributed by atoms with Crippen molar-refractivity contribution in [2.75, 3.05) is 46.3 Å². The number of amides is 1. The summed E-state index contributed by atoms with van der Waals surface area (Å²) in [6, 6.07) is 6.91. The molecule has 0 radical (unpaired) electrons. The summed E-state index contributed by atoms with van der Waals surface area (Å²) in [6.07, 6.45) is 1.84. The molecule has 30 heavy (non-hydrogen) atoms. The third kappa shape index (κ3) is 6.18. The van der Waals surface area contributed by atoms with Crippen LogP contribution in [0.4, 0.5) is 0 Å². The molecule has 0 atom stereocenters. The largest absolute Gasteiger partial charge is 0.357 e. The fourth-order valence-electron chi connectivity index (χ4n) is 3.43. The van der Waals surface area contributed by atoms with E-state index in [-0.39, 0.29) is 12.5 Å². The quantitative estimate of drug-likeness (QED) is 0.470. The number of benzene rings is 1. The number of carbonyl (C=O) groups is 1. The molecule has 0 aliphatic carbocycles. The van der Waals surface area contributed by atoms with E-state index in [4.69, 9.17) is 0 Å². The zero-order valence-corrected chi connectivity index (χ0v) is 19.4. The lowest BCUT2D eigenvalue weighted by Gasteiger charge is -2.25. The molecule has 1 saturated heterocycles. The summed E-state index contributed by atoms with van der Waals surface area (Å²) < 4.78 is 26.8. The van der Waals surface area contributed by atoms with Crippen LogP contribution in [-0.4, -0.2) is 80.7 Å². The molecular weight excluding hydrogens is 402 g/mol. The predicted octanol–water partition coefficient (Wildman–Crippen LogP) is 1.74. The van der Waals surface area contributed by atoms with Crippen LogP contribution >= 0.6 is 0 Å². The average Bonchev–Trinajstić information content (AvgIpc) is 3.28. The van der Waals surface area contributed by atoms with Crippen LogP contribution in [0.1, 0.15) is 39.2 Å². The molecule has 1 fully saturated rings. The SMILES string of the molecule is CCNC(=NCc1ccc(S(=O)(=O)N2CCCC2)cc1)N(C)CC(=O)N(CC)CC. The van der Waals surface area contributed by atoms with E-state index in [0.717, 1.165) is 18.4 Å². The Bertz CT molecular complexity index is 814. The number of carbonyl (C=O) groups excluding carboxylic acids is 1. The van der Waals surface area contributed by atoms with Crippen molar-refractivity contribution in [3.8, 4) is 0 Å². The Morgan fingerprint density at radius 3 is 2.23 bits per heavy atom. The molecule has 1 heterocycles. The van der Waals surface area contributed by atoms with Crippen LogP contribution in [0.3, 0.4) is 0 Å². The first-order chi connectivity index (χ1) is 14.3. The average molecular weight is 438 g/mol. The van der Waals surface area contributed by atoms with Gasteiger partial charge in [-0.15, -0.1) is 0 Å². The second-order valence-corrected chi connectivity index (χ2v) is 9.29. The Labute approximate surface area is 181 Å². The maximum absolute atomic E-state index is 12.6. The Balaban J connectivity index is 2.06. The van der Waals surface area contributed by atoms with Gasteiger partial charge in [0.05, 0.1) is 18.0 Å². The van der Waals surface area contributed by atoms with Crippen LogP contribution in [0.2, 0.25) is 0 Å². The van der Waals surface area contributed by atoms with E-state index in [1.165, 1.54) is 0 Å². The topological polar surface area (TPSA) is 85.3 Å². The number of sulfonamides is 1. The summed E-state index contributed by atoms with van der Waals surface area (Å²) in [5, 5.41) is 3.21. The van der Waals surface area contributed by atoms with E-state index in [1.54, 1.807) is 33.5 Å². The van der Waals surface area contributed by atoms with Gasteiger partial charge >= 0.3 is 0 Å². The highest BCUT2D eigenvalue weighted by atomic mass is 32.2. The van der Waals surface area contributed by atoms with Crippen molar-refractivity contribution < 1.29 is 13.2 Å². The summed E-state index contributed by atoms with van der Waals surface area (Å²) in [5.41, 5.74) is 0.911. The molecule has 1 aromatic rings. The van der Waals surface area contributed by atoms with Crippen LogP contribution in [0.5, 0.6) is 0 Å². The van der Waals surface area contributed by atoms with Gasteiger partial charge in [0.2, 0.25) is 15.9 Å². The molecule has 2 rings (SSSR count). The Kier molecular flexibility index (Phi) is 9.10. The maximum atomic E-state index is 12.6. The van der Waals surface area contributed by atoms with E-state index in [1.807, 2.05) is 32.7 Å². The van der Waals surface area contributed by atoms with Crippen LogP contribution in [-0.2, 0) is 21.4 Å². The van der Waals surface area contributed by atoms with Crippen LogP contribution in [0.15, 0.2) is 34.2 Å². The number of rotatable bonds is 9. The number of hydrogen-bond acceptors (Lipinski definition) is 4. The van der Waals surface area contributed by atoms with Gasteiger partial charge in [0, 0.05) is 39.8 Å². The minimum atomic E-state index is -3.40. The number of hydrogen-bond donors (Lipinski definition) is 1. The first kappa shape index (κ1) is 24.1. The standard InChI is InChI=1S/C21H35N5O3S/c1-5-22-21(24(4)17-20(27)25(6-2)7-3)23-16-18-10-12-19(13-11-18)30(28,29)26-14-8-9-15-26/h10-13H,5-9,14-17H2,1-4H3,(H,22,23). The molecule has 1 aromatic carbocycles. The van der Waals surface area contributed by atoms with E-state index in [9.17, 15) is 13.2 Å². The minimum Gasteiger partial charge on any atom is -0.357 e. The highest BCUT2D eigenvalue weighted by molar-refractivity contribution is 7.89. The third-order valence-electron chi connectivity index (χ3n) is 5.22. The number of nitrogens with zero attached hydrogens (tertiary/aromatic N) is 4. The van der Waals surface area contributed by atoms with Gasteiger partial charge in [-0.05, 0) is 51.3 Å². The van der Waals surface area contributed by atoms with E-state index < -0.39 is 10.0 Å². The third-order valence-corrected chi connectivity index (χ3v) is 7.14. The van der Waals surface area contributed by atoms with Crippen molar-refractivity contribution in [1.29, 1.82) is 0 Å². The van der Waals surface area contributed by atoms with Gasteiger partial charge in [-0.3, -0.25) is 4.79 Å². The lowest BCUT2D eigenvalue weighted by atomic mass is 10.2. The van der Waals surface area contributed by atoms with Crippen molar-refractivity contribution in [2.24, 2.45) is 4.99 Å². The molecule has 0 aromatic heterocycles. The molecule has 0 bridgehead atoms. The molecule has 1 N–H and O–H groups in total. The van der Waals surface area contributed by atoms with Crippen LogP contribution in [0, 0.1) is 0 Å². The summed E-state index contributed by atoms with van der Waals surface area (Å²) >= 11 is 0. The van der Waals surface area contributed by atoms with Gasteiger partial charge in [-0.1, -0.05) is 12.1 Å². The monoisotopic (exact) mass is 437 g/mol. The zero-order valence-electron chi connectivity index (χ0n) is 18.6. The second-order valence-electron chi connectivity index (χ2n) is 7.35. The van der Waals surface area contributed by atoms with E-state index >= 15 is 0 Å². The number of aliphatic imine (C=N–C) groups is 1. The summed E-state index contributed by atoms with van der Waals surface area (Å²) in [7, 11) is -1.56. The van der Waals surface area contributed by atoms with Gasteiger partial charge < -0.3 is 15.1 Å². The van der Waals surface area contributed by atoms with Gasteiger partial charge in [0.15, 0.2) is 5.96 Å². The van der Waals surface area contributed by atoms with Crippen molar-refractivity contribution >= 4 is 21.9 Å². The maximum Gasteiger partial charge on any atom is 0.243 e. The first-order valence-electron chi connectivity index (χ1n) is 10.7. The number of nitrogens with one attached hydrogen (secondary N) is 1. The normalized spacial score (nSPS) is 15.3. The minimum absolute atomic E-state index is 0.0598. The highest BCUT2D eigenvalue weighted by Crippen LogP contribution is 2.21.